The molecule has 0 aromatic heterocycles. The highest BCUT2D eigenvalue weighted by Gasteiger charge is 2.33. The Kier molecular flexibility index (Phi) is 3.55. The van der Waals surface area contributed by atoms with Crippen LogP contribution in [0.1, 0.15) is 26.7 Å². The van der Waals surface area contributed by atoms with Gasteiger partial charge in [0.05, 0.1) is 5.75 Å². The molecule has 4 nitrogen and oxygen atoms in total. The maximum Gasteiger partial charge on any atom is 0.209 e. The van der Waals surface area contributed by atoms with Crippen LogP contribution in [-0.4, -0.2) is 27.4 Å². The molecule has 84 valence electrons. The molecule has 0 spiro atoms. The van der Waals surface area contributed by atoms with E-state index in [-0.39, 0.29) is 11.2 Å². The molecule has 0 radical (unpaired) electrons. The zero-order valence-electron chi connectivity index (χ0n) is 8.82. The molecule has 1 fully saturated rings. The van der Waals surface area contributed by atoms with Gasteiger partial charge in [-0.25, -0.2) is 13.6 Å². The highest BCUT2D eigenvalue weighted by atomic mass is 32.2. The predicted octanol–water partition coefficient (Wildman–Crippen LogP) is 0.728. The van der Waals surface area contributed by atoms with Gasteiger partial charge in [-0.2, -0.15) is 0 Å². The van der Waals surface area contributed by atoms with Gasteiger partial charge in [-0.15, -0.1) is 0 Å². The Hall–Kier alpha value is -0.130. The van der Waals surface area contributed by atoms with Crippen molar-refractivity contribution in [2.75, 3.05) is 19.0 Å². The quantitative estimate of drug-likeness (QED) is 0.763. The lowest BCUT2D eigenvalue weighted by Gasteiger charge is -2.36. The maximum absolute atomic E-state index is 11.0. The molecule has 1 rings (SSSR count). The third-order valence-corrected chi connectivity index (χ3v) is 4.05. The summed E-state index contributed by atoms with van der Waals surface area (Å²) < 4.78 is 27.3. The Balaban J connectivity index is 2.63. The Bertz CT molecular complexity index is 278. The van der Waals surface area contributed by atoms with Crippen molar-refractivity contribution in [2.24, 2.45) is 16.5 Å². The number of sulfonamides is 1. The summed E-state index contributed by atoms with van der Waals surface area (Å²) in [6.07, 6.45) is 1.87. The van der Waals surface area contributed by atoms with Crippen LogP contribution in [0.15, 0.2) is 0 Å². The first-order valence-electron chi connectivity index (χ1n) is 4.89. The average molecular weight is 221 g/mol. The van der Waals surface area contributed by atoms with Crippen LogP contribution in [0.4, 0.5) is 0 Å². The van der Waals surface area contributed by atoms with Gasteiger partial charge in [-0.3, -0.25) is 0 Å². The number of primary sulfonamides is 1. The molecular formula is C9H19NO3S. The highest BCUT2D eigenvalue weighted by Crippen LogP contribution is 2.35. The minimum atomic E-state index is -3.37. The van der Waals surface area contributed by atoms with E-state index < -0.39 is 10.0 Å². The van der Waals surface area contributed by atoms with Gasteiger partial charge in [-0.1, -0.05) is 13.8 Å². The van der Waals surface area contributed by atoms with Crippen LogP contribution < -0.4 is 5.14 Å². The Morgan fingerprint density at radius 2 is 1.86 bits per heavy atom. The van der Waals surface area contributed by atoms with Crippen molar-refractivity contribution in [3.63, 3.8) is 0 Å². The molecule has 1 aliphatic rings. The first-order valence-corrected chi connectivity index (χ1v) is 6.61. The molecule has 1 heterocycles. The first kappa shape index (κ1) is 11.9. The number of ether oxygens (including phenoxy) is 1. The summed E-state index contributed by atoms with van der Waals surface area (Å²) in [6.45, 7) is 5.40. The minimum Gasteiger partial charge on any atom is -0.381 e. The molecule has 0 atom stereocenters. The lowest BCUT2D eigenvalue weighted by molar-refractivity contribution is 0.0296. The van der Waals surface area contributed by atoms with Crippen LogP contribution in [0, 0.1) is 11.3 Å². The average Bonchev–Trinajstić information content (AvgIpc) is 2.01. The van der Waals surface area contributed by atoms with Gasteiger partial charge in [0.25, 0.3) is 0 Å². The molecule has 0 aromatic rings. The van der Waals surface area contributed by atoms with Crippen molar-refractivity contribution in [3.8, 4) is 0 Å². The molecule has 0 unspecified atom stereocenters. The fourth-order valence-corrected chi connectivity index (χ4v) is 3.39. The molecular weight excluding hydrogens is 202 g/mol. The topological polar surface area (TPSA) is 69.4 Å². The lowest BCUT2D eigenvalue weighted by Crippen LogP contribution is -2.37. The normalized spacial score (nSPS) is 21.1. The SMILES string of the molecule is CC(C)(CS(N)(=O)=O)C1CCOCC1. The van der Waals surface area contributed by atoms with Crippen LogP contribution in [0.25, 0.3) is 0 Å². The standard InChI is InChI=1S/C9H19NO3S/c1-9(2,7-14(10,11)12)8-3-5-13-6-4-8/h8H,3-7H2,1-2H3,(H2,10,11,12). The van der Waals surface area contributed by atoms with Gasteiger partial charge >= 0.3 is 0 Å². The summed E-state index contributed by atoms with van der Waals surface area (Å²) in [4.78, 5) is 0. The molecule has 14 heavy (non-hydrogen) atoms. The van der Waals surface area contributed by atoms with Gasteiger partial charge in [0, 0.05) is 13.2 Å². The monoisotopic (exact) mass is 221 g/mol. The Labute approximate surface area is 85.9 Å². The summed E-state index contributed by atoms with van der Waals surface area (Å²) in [5, 5.41) is 5.07. The van der Waals surface area contributed by atoms with Gasteiger partial charge in [-0.05, 0) is 24.2 Å². The Morgan fingerprint density at radius 1 is 1.36 bits per heavy atom. The molecule has 0 aliphatic carbocycles. The molecule has 0 amide bonds. The van der Waals surface area contributed by atoms with E-state index in [4.69, 9.17) is 9.88 Å². The van der Waals surface area contributed by atoms with Crippen LogP contribution in [-0.2, 0) is 14.8 Å². The smallest absolute Gasteiger partial charge is 0.209 e. The van der Waals surface area contributed by atoms with E-state index in [2.05, 4.69) is 0 Å². The lowest BCUT2D eigenvalue weighted by atomic mass is 9.76. The van der Waals surface area contributed by atoms with Crippen molar-refractivity contribution in [3.05, 3.63) is 0 Å². The number of hydrogen-bond acceptors (Lipinski definition) is 3. The summed E-state index contributed by atoms with van der Waals surface area (Å²) in [5.41, 5.74) is -0.239. The van der Waals surface area contributed by atoms with E-state index in [1.54, 1.807) is 0 Å². The number of nitrogens with two attached hydrogens (primary N) is 1. The third kappa shape index (κ3) is 3.55. The van der Waals surface area contributed by atoms with E-state index in [0.29, 0.717) is 5.92 Å². The second-order valence-corrected chi connectivity index (χ2v) is 6.30. The summed E-state index contributed by atoms with van der Waals surface area (Å²) in [5.74, 6) is 0.458. The Morgan fingerprint density at radius 3 is 2.29 bits per heavy atom. The maximum atomic E-state index is 11.0. The first-order chi connectivity index (χ1) is 6.31. The van der Waals surface area contributed by atoms with Crippen LogP contribution >= 0.6 is 0 Å². The molecule has 2 N–H and O–H groups in total. The van der Waals surface area contributed by atoms with Crippen LogP contribution in [0.3, 0.4) is 0 Å². The summed E-state index contributed by atoms with van der Waals surface area (Å²) >= 11 is 0. The molecule has 1 aliphatic heterocycles. The van der Waals surface area contributed by atoms with Gasteiger partial charge < -0.3 is 4.74 Å². The second kappa shape index (κ2) is 4.16. The predicted molar refractivity (Wildman–Crippen MR) is 55.3 cm³/mol. The molecule has 5 heteroatoms. The molecule has 0 bridgehead atoms. The van der Waals surface area contributed by atoms with Crippen molar-refractivity contribution in [2.45, 2.75) is 26.7 Å². The summed E-state index contributed by atoms with van der Waals surface area (Å²) in [6, 6.07) is 0. The van der Waals surface area contributed by atoms with Crippen molar-refractivity contribution in [1.82, 2.24) is 0 Å². The van der Waals surface area contributed by atoms with E-state index >= 15 is 0 Å². The van der Waals surface area contributed by atoms with Crippen molar-refractivity contribution >= 4 is 10.0 Å². The molecule has 1 saturated heterocycles. The van der Waals surface area contributed by atoms with Gasteiger partial charge in [0.15, 0.2) is 0 Å². The fraction of sp³-hybridized carbons (Fsp3) is 1.00. The van der Waals surface area contributed by atoms with Crippen molar-refractivity contribution < 1.29 is 13.2 Å². The highest BCUT2D eigenvalue weighted by molar-refractivity contribution is 7.89. The van der Waals surface area contributed by atoms with Gasteiger partial charge in [0.2, 0.25) is 10.0 Å². The number of rotatable bonds is 3. The largest absolute Gasteiger partial charge is 0.381 e. The van der Waals surface area contributed by atoms with Crippen molar-refractivity contribution in [1.29, 1.82) is 0 Å². The van der Waals surface area contributed by atoms with E-state index in [1.807, 2.05) is 13.8 Å². The summed E-state index contributed by atoms with van der Waals surface area (Å²) in [7, 11) is -3.37. The minimum absolute atomic E-state index is 0.0602. The third-order valence-electron chi connectivity index (χ3n) is 2.90. The van der Waals surface area contributed by atoms with Crippen LogP contribution in [0.5, 0.6) is 0 Å². The zero-order chi connectivity index (χ0) is 10.8. The van der Waals surface area contributed by atoms with E-state index in [0.717, 1.165) is 26.1 Å². The van der Waals surface area contributed by atoms with E-state index in [9.17, 15) is 8.42 Å². The molecule has 0 saturated carbocycles. The van der Waals surface area contributed by atoms with Gasteiger partial charge in [0.1, 0.15) is 0 Å². The molecule has 0 aromatic carbocycles. The second-order valence-electron chi connectivity index (χ2n) is 4.68. The van der Waals surface area contributed by atoms with E-state index in [1.165, 1.54) is 0 Å². The fourth-order valence-electron chi connectivity index (χ4n) is 2.12. The number of hydrogen-bond donors (Lipinski definition) is 1. The zero-order valence-corrected chi connectivity index (χ0v) is 9.64. The van der Waals surface area contributed by atoms with Crippen LogP contribution in [0.2, 0.25) is 0 Å².